The fourth-order valence-corrected chi connectivity index (χ4v) is 4.62. The molecular weight excluding hydrogens is 518 g/mol. The van der Waals surface area contributed by atoms with Crippen LogP contribution in [0.5, 0.6) is 5.75 Å². The molecular formula is C28H35N5O7. The summed E-state index contributed by atoms with van der Waals surface area (Å²) >= 11 is 0. The second-order valence-corrected chi connectivity index (χ2v) is 9.82. The minimum Gasteiger partial charge on any atom is -0.508 e. The molecule has 0 bridgehead atoms. The van der Waals surface area contributed by atoms with Crippen LogP contribution in [0.25, 0.3) is 0 Å². The number of carboxylic acid groups (broad SMARTS) is 1. The number of nitrogens with zero attached hydrogens (tertiary/aromatic N) is 1. The fraction of sp³-hybridized carbons (Fsp3) is 0.393. The third-order valence-corrected chi connectivity index (χ3v) is 6.76. The predicted octanol–water partition coefficient (Wildman–Crippen LogP) is -0.185. The van der Waals surface area contributed by atoms with Gasteiger partial charge in [-0.3, -0.25) is 19.2 Å². The summed E-state index contributed by atoms with van der Waals surface area (Å²) in [7, 11) is 0. The van der Waals surface area contributed by atoms with Crippen LogP contribution in [-0.4, -0.2) is 75.4 Å². The topological polar surface area (TPSA) is 205 Å². The van der Waals surface area contributed by atoms with Crippen molar-refractivity contribution in [2.75, 3.05) is 6.54 Å². The van der Waals surface area contributed by atoms with E-state index in [9.17, 15) is 34.2 Å². The molecule has 1 heterocycles. The van der Waals surface area contributed by atoms with Crippen LogP contribution in [-0.2, 0) is 36.8 Å². The quantitative estimate of drug-likeness (QED) is 0.196. The zero-order valence-corrected chi connectivity index (χ0v) is 22.0. The number of phenols is 1. The van der Waals surface area contributed by atoms with Gasteiger partial charge in [-0.2, -0.15) is 0 Å². The van der Waals surface area contributed by atoms with Crippen LogP contribution in [0.1, 0.15) is 36.8 Å². The van der Waals surface area contributed by atoms with E-state index >= 15 is 0 Å². The monoisotopic (exact) mass is 553 g/mol. The highest BCUT2D eigenvalue weighted by atomic mass is 16.4. The number of carbonyl (C=O) groups is 5. The minimum absolute atomic E-state index is 0.0427. The minimum atomic E-state index is -1.35. The van der Waals surface area contributed by atoms with Gasteiger partial charge in [0.15, 0.2) is 0 Å². The summed E-state index contributed by atoms with van der Waals surface area (Å²) in [6.07, 6.45) is 0.710. The highest BCUT2D eigenvalue weighted by Crippen LogP contribution is 2.21. The molecule has 214 valence electrons. The van der Waals surface area contributed by atoms with Crippen LogP contribution >= 0.6 is 0 Å². The number of carbonyl (C=O) groups excluding carboxylic acids is 4. The van der Waals surface area contributed by atoms with Crippen molar-refractivity contribution >= 4 is 29.6 Å². The van der Waals surface area contributed by atoms with Crippen LogP contribution in [0.15, 0.2) is 54.6 Å². The normalized spacial score (nSPS) is 16.9. The van der Waals surface area contributed by atoms with Crippen LogP contribution in [0.4, 0.5) is 0 Å². The molecule has 2 aromatic rings. The largest absolute Gasteiger partial charge is 0.508 e. The van der Waals surface area contributed by atoms with Gasteiger partial charge in [-0.15, -0.1) is 0 Å². The van der Waals surface area contributed by atoms with Crippen molar-refractivity contribution in [3.63, 3.8) is 0 Å². The number of rotatable bonds is 13. The number of benzene rings is 2. The average Bonchev–Trinajstić information content (AvgIpc) is 3.42. The van der Waals surface area contributed by atoms with E-state index in [1.165, 1.54) is 17.0 Å². The maximum absolute atomic E-state index is 13.7. The Hall–Kier alpha value is -4.45. The molecule has 4 atom stereocenters. The molecule has 40 heavy (non-hydrogen) atoms. The van der Waals surface area contributed by atoms with Crippen molar-refractivity contribution in [2.45, 2.75) is 62.7 Å². The Balaban J connectivity index is 1.76. The van der Waals surface area contributed by atoms with E-state index in [1.54, 1.807) is 12.1 Å². The molecule has 1 fully saturated rings. The zero-order valence-electron chi connectivity index (χ0n) is 22.0. The lowest BCUT2D eigenvalue weighted by atomic mass is 10.0. The SMILES string of the molecule is NC(=O)CCC(NC(=O)C1CCCN1C(=O)C(Cc1ccc(O)cc1)NC(=O)C(N)Cc1ccccc1)C(=O)O. The van der Waals surface area contributed by atoms with Crippen LogP contribution in [0.3, 0.4) is 0 Å². The lowest BCUT2D eigenvalue weighted by Crippen LogP contribution is -2.57. The molecule has 0 aliphatic carbocycles. The third kappa shape index (κ3) is 8.53. The van der Waals surface area contributed by atoms with E-state index < -0.39 is 53.8 Å². The van der Waals surface area contributed by atoms with Crippen molar-refractivity contribution in [3.8, 4) is 5.75 Å². The van der Waals surface area contributed by atoms with Crippen molar-refractivity contribution in [1.29, 1.82) is 0 Å². The van der Waals surface area contributed by atoms with Crippen molar-refractivity contribution < 1.29 is 34.2 Å². The van der Waals surface area contributed by atoms with E-state index in [2.05, 4.69) is 10.6 Å². The molecule has 0 spiro atoms. The van der Waals surface area contributed by atoms with Gasteiger partial charge >= 0.3 is 5.97 Å². The van der Waals surface area contributed by atoms with Gasteiger partial charge in [0.1, 0.15) is 23.9 Å². The summed E-state index contributed by atoms with van der Waals surface area (Å²) in [6.45, 7) is 0.230. The third-order valence-electron chi connectivity index (χ3n) is 6.76. The first-order valence-corrected chi connectivity index (χ1v) is 13.0. The van der Waals surface area contributed by atoms with Gasteiger partial charge < -0.3 is 37.2 Å². The number of nitrogens with two attached hydrogens (primary N) is 2. The Labute approximate surface area is 231 Å². The van der Waals surface area contributed by atoms with Gasteiger partial charge in [0, 0.05) is 19.4 Å². The molecule has 12 heteroatoms. The summed E-state index contributed by atoms with van der Waals surface area (Å²) in [4.78, 5) is 63.9. The van der Waals surface area contributed by atoms with Gasteiger partial charge in [0.25, 0.3) is 0 Å². The van der Waals surface area contributed by atoms with Crippen LogP contribution in [0, 0.1) is 0 Å². The van der Waals surface area contributed by atoms with Gasteiger partial charge in [0.05, 0.1) is 6.04 Å². The second-order valence-electron chi connectivity index (χ2n) is 9.82. The Morgan fingerprint density at radius 3 is 2.20 bits per heavy atom. The number of aromatic hydroxyl groups is 1. The van der Waals surface area contributed by atoms with Gasteiger partial charge in [-0.05, 0) is 48.9 Å². The molecule has 2 aromatic carbocycles. The first kappa shape index (κ1) is 30.1. The van der Waals surface area contributed by atoms with Crippen molar-refractivity contribution in [2.24, 2.45) is 11.5 Å². The van der Waals surface area contributed by atoms with Crippen LogP contribution < -0.4 is 22.1 Å². The lowest BCUT2D eigenvalue weighted by Gasteiger charge is -2.30. The first-order valence-electron chi connectivity index (χ1n) is 13.0. The maximum Gasteiger partial charge on any atom is 0.326 e. The van der Waals surface area contributed by atoms with Gasteiger partial charge in [0.2, 0.25) is 23.6 Å². The molecule has 1 saturated heterocycles. The standard InChI is InChI=1S/C28H35N5O7/c29-20(15-17-5-2-1-3-6-17)25(36)32-22(16-18-8-10-19(34)11-9-18)27(38)33-14-4-7-23(33)26(37)31-21(28(39)40)12-13-24(30)35/h1-3,5-6,8-11,20-23,34H,4,7,12-16,29H2,(H2,30,35)(H,31,37)(H,32,36)(H,39,40). The molecule has 1 aliphatic heterocycles. The number of hydrogen-bond donors (Lipinski definition) is 6. The highest BCUT2D eigenvalue weighted by Gasteiger charge is 2.39. The number of nitrogens with one attached hydrogen (secondary N) is 2. The van der Waals surface area contributed by atoms with E-state index in [4.69, 9.17) is 11.5 Å². The molecule has 0 aromatic heterocycles. The molecule has 3 rings (SSSR count). The fourth-order valence-electron chi connectivity index (χ4n) is 4.62. The summed E-state index contributed by atoms with van der Waals surface area (Å²) in [5.74, 6) is -3.71. The number of carboxylic acids is 1. The van der Waals surface area contributed by atoms with Crippen LogP contribution in [0.2, 0.25) is 0 Å². The summed E-state index contributed by atoms with van der Waals surface area (Å²) in [5.41, 5.74) is 12.8. The maximum atomic E-state index is 13.7. The second kappa shape index (κ2) is 14.1. The lowest BCUT2D eigenvalue weighted by molar-refractivity contribution is -0.145. The smallest absolute Gasteiger partial charge is 0.326 e. The molecule has 8 N–H and O–H groups in total. The summed E-state index contributed by atoms with van der Waals surface area (Å²) in [6, 6.07) is 11.0. The Morgan fingerprint density at radius 1 is 0.925 bits per heavy atom. The number of likely N-dealkylation sites (tertiary alicyclic amines) is 1. The van der Waals surface area contributed by atoms with E-state index in [0.29, 0.717) is 18.4 Å². The molecule has 4 amide bonds. The number of phenolic OH excluding ortho intramolecular Hbond substituents is 1. The molecule has 4 unspecified atom stereocenters. The Morgan fingerprint density at radius 2 is 1.57 bits per heavy atom. The number of primary amides is 1. The number of amides is 4. The van der Waals surface area contributed by atoms with Gasteiger partial charge in [-0.1, -0.05) is 42.5 Å². The van der Waals surface area contributed by atoms with E-state index in [0.717, 1.165) is 5.56 Å². The molecule has 0 radical (unpaired) electrons. The molecule has 12 nitrogen and oxygen atoms in total. The first-order chi connectivity index (χ1) is 19.0. The number of hydrogen-bond acceptors (Lipinski definition) is 7. The Bertz CT molecular complexity index is 1210. The summed E-state index contributed by atoms with van der Waals surface area (Å²) in [5, 5.41) is 24.2. The molecule has 0 saturated carbocycles. The zero-order chi connectivity index (χ0) is 29.2. The van der Waals surface area contributed by atoms with Crippen molar-refractivity contribution in [3.05, 3.63) is 65.7 Å². The predicted molar refractivity (Wildman–Crippen MR) is 145 cm³/mol. The van der Waals surface area contributed by atoms with Crippen molar-refractivity contribution in [1.82, 2.24) is 15.5 Å². The highest BCUT2D eigenvalue weighted by molar-refractivity contribution is 5.94. The molecule has 1 aliphatic rings. The summed E-state index contributed by atoms with van der Waals surface area (Å²) < 4.78 is 0. The number of aliphatic carboxylic acids is 1. The van der Waals surface area contributed by atoms with Gasteiger partial charge in [-0.25, -0.2) is 4.79 Å². The average molecular weight is 554 g/mol. The Kier molecular flexibility index (Phi) is 10.6. The van der Waals surface area contributed by atoms with E-state index in [1.807, 2.05) is 30.3 Å². The van der Waals surface area contributed by atoms with E-state index in [-0.39, 0.29) is 38.0 Å².